The molecule has 0 aliphatic heterocycles. The number of carboxylic acids is 1. The van der Waals surface area contributed by atoms with Crippen LogP contribution >= 0.6 is 11.6 Å². The van der Waals surface area contributed by atoms with Crippen LogP contribution in [0.1, 0.15) is 32.3 Å². The van der Waals surface area contributed by atoms with Crippen molar-refractivity contribution >= 4 is 17.6 Å². The number of halogens is 1. The van der Waals surface area contributed by atoms with Gasteiger partial charge in [-0.15, -0.1) is 0 Å². The summed E-state index contributed by atoms with van der Waals surface area (Å²) in [5.74, 6) is 0.560. The first-order valence-corrected chi connectivity index (χ1v) is 6.91. The SMILES string of the molecule is CC(C)(Cc1ccc(OCC2CC2)c(Cl)c1)C(=O)O. The van der Waals surface area contributed by atoms with E-state index in [2.05, 4.69) is 0 Å². The highest BCUT2D eigenvalue weighted by molar-refractivity contribution is 6.32. The van der Waals surface area contributed by atoms with Crippen molar-refractivity contribution in [2.45, 2.75) is 33.1 Å². The molecule has 1 aromatic rings. The molecule has 1 aliphatic rings. The van der Waals surface area contributed by atoms with E-state index in [4.69, 9.17) is 21.4 Å². The molecule has 19 heavy (non-hydrogen) atoms. The summed E-state index contributed by atoms with van der Waals surface area (Å²) in [5.41, 5.74) is 0.121. The first kappa shape index (κ1) is 14.2. The van der Waals surface area contributed by atoms with Gasteiger partial charge in [0.1, 0.15) is 5.75 Å². The number of carboxylic acid groups (broad SMARTS) is 1. The van der Waals surface area contributed by atoms with Gasteiger partial charge in [0, 0.05) is 0 Å². The minimum Gasteiger partial charge on any atom is -0.492 e. The maximum absolute atomic E-state index is 11.1. The normalized spacial score (nSPS) is 15.3. The summed E-state index contributed by atoms with van der Waals surface area (Å²) in [4.78, 5) is 11.1. The fraction of sp³-hybridized carbons (Fsp3) is 0.533. The fourth-order valence-electron chi connectivity index (χ4n) is 1.85. The number of ether oxygens (including phenoxy) is 1. The van der Waals surface area contributed by atoms with Gasteiger partial charge in [-0.3, -0.25) is 4.79 Å². The van der Waals surface area contributed by atoms with Crippen LogP contribution < -0.4 is 4.74 Å². The lowest BCUT2D eigenvalue weighted by molar-refractivity contribution is -0.146. The Balaban J connectivity index is 2.03. The molecular weight excluding hydrogens is 264 g/mol. The van der Waals surface area contributed by atoms with Crippen LogP contribution in [-0.4, -0.2) is 17.7 Å². The molecule has 1 N–H and O–H groups in total. The highest BCUT2D eigenvalue weighted by Gasteiger charge is 2.27. The van der Waals surface area contributed by atoms with Crippen molar-refractivity contribution in [3.63, 3.8) is 0 Å². The molecule has 2 rings (SSSR count). The van der Waals surface area contributed by atoms with Gasteiger partial charge < -0.3 is 9.84 Å². The number of hydrogen-bond acceptors (Lipinski definition) is 2. The molecule has 1 saturated carbocycles. The van der Waals surface area contributed by atoms with Crippen molar-refractivity contribution in [3.05, 3.63) is 28.8 Å². The van der Waals surface area contributed by atoms with Crippen LogP contribution in [0, 0.1) is 11.3 Å². The Kier molecular flexibility index (Phi) is 4.04. The second-order valence-electron chi connectivity index (χ2n) is 5.88. The maximum Gasteiger partial charge on any atom is 0.309 e. The van der Waals surface area contributed by atoms with Gasteiger partial charge in [0.2, 0.25) is 0 Å². The van der Waals surface area contributed by atoms with Crippen molar-refractivity contribution in [1.82, 2.24) is 0 Å². The van der Waals surface area contributed by atoms with Crippen molar-refractivity contribution in [2.75, 3.05) is 6.61 Å². The quantitative estimate of drug-likeness (QED) is 0.864. The van der Waals surface area contributed by atoms with Crippen LogP contribution in [0.3, 0.4) is 0 Å². The van der Waals surface area contributed by atoms with E-state index in [1.165, 1.54) is 12.8 Å². The molecule has 0 spiro atoms. The highest BCUT2D eigenvalue weighted by atomic mass is 35.5. The summed E-state index contributed by atoms with van der Waals surface area (Å²) < 4.78 is 5.65. The summed E-state index contributed by atoms with van der Waals surface area (Å²) in [6.45, 7) is 4.14. The molecule has 0 unspecified atom stereocenters. The van der Waals surface area contributed by atoms with E-state index in [0.717, 1.165) is 12.2 Å². The fourth-order valence-corrected chi connectivity index (χ4v) is 2.11. The number of hydrogen-bond donors (Lipinski definition) is 1. The molecule has 3 nitrogen and oxygen atoms in total. The van der Waals surface area contributed by atoms with E-state index < -0.39 is 11.4 Å². The summed E-state index contributed by atoms with van der Waals surface area (Å²) in [6, 6.07) is 5.52. The van der Waals surface area contributed by atoms with E-state index in [1.807, 2.05) is 12.1 Å². The van der Waals surface area contributed by atoms with Gasteiger partial charge in [0.25, 0.3) is 0 Å². The maximum atomic E-state index is 11.1. The topological polar surface area (TPSA) is 46.5 Å². The molecule has 1 fully saturated rings. The van der Waals surface area contributed by atoms with Crippen molar-refractivity contribution in [1.29, 1.82) is 0 Å². The zero-order valence-corrected chi connectivity index (χ0v) is 12.0. The second-order valence-corrected chi connectivity index (χ2v) is 6.29. The van der Waals surface area contributed by atoms with Crippen molar-refractivity contribution in [2.24, 2.45) is 11.3 Å². The minimum atomic E-state index is -0.808. The highest BCUT2D eigenvalue weighted by Crippen LogP contribution is 2.33. The largest absolute Gasteiger partial charge is 0.492 e. The smallest absolute Gasteiger partial charge is 0.309 e. The first-order chi connectivity index (χ1) is 8.88. The van der Waals surface area contributed by atoms with Crippen LogP contribution in [0.15, 0.2) is 18.2 Å². The second kappa shape index (κ2) is 5.41. The summed E-state index contributed by atoms with van der Waals surface area (Å²) in [5, 5.41) is 9.68. The Morgan fingerprint density at radius 3 is 2.68 bits per heavy atom. The average molecular weight is 283 g/mol. The zero-order chi connectivity index (χ0) is 14.0. The van der Waals surface area contributed by atoms with Crippen molar-refractivity contribution in [3.8, 4) is 5.75 Å². The Morgan fingerprint density at radius 2 is 2.16 bits per heavy atom. The summed E-state index contributed by atoms with van der Waals surface area (Å²) in [6.07, 6.45) is 2.93. The van der Waals surface area contributed by atoms with Gasteiger partial charge in [-0.2, -0.15) is 0 Å². The Hall–Kier alpha value is -1.22. The standard InChI is InChI=1S/C15H19ClO3/c1-15(2,14(17)18)8-11-5-6-13(12(16)7-11)19-9-10-3-4-10/h5-7,10H,3-4,8-9H2,1-2H3,(H,17,18). The molecule has 1 aromatic carbocycles. The van der Waals surface area contributed by atoms with Crippen LogP contribution in [-0.2, 0) is 11.2 Å². The van der Waals surface area contributed by atoms with E-state index in [-0.39, 0.29) is 0 Å². The van der Waals surface area contributed by atoms with Gasteiger partial charge >= 0.3 is 5.97 Å². The Morgan fingerprint density at radius 1 is 1.47 bits per heavy atom. The van der Waals surface area contributed by atoms with Gasteiger partial charge in [-0.05, 0) is 56.7 Å². The molecule has 0 heterocycles. The Bertz CT molecular complexity index is 478. The van der Waals surface area contributed by atoms with E-state index >= 15 is 0 Å². The van der Waals surface area contributed by atoms with Gasteiger partial charge in [0.05, 0.1) is 17.0 Å². The number of aliphatic carboxylic acids is 1. The number of carbonyl (C=O) groups is 1. The lowest BCUT2D eigenvalue weighted by Crippen LogP contribution is -2.26. The molecule has 0 amide bonds. The molecule has 0 bridgehead atoms. The third kappa shape index (κ3) is 3.87. The number of rotatable bonds is 6. The minimum absolute atomic E-state index is 0.449. The Labute approximate surface area is 118 Å². The first-order valence-electron chi connectivity index (χ1n) is 6.53. The van der Waals surface area contributed by atoms with Gasteiger partial charge in [-0.25, -0.2) is 0 Å². The van der Waals surface area contributed by atoms with E-state index in [9.17, 15) is 4.79 Å². The van der Waals surface area contributed by atoms with Crippen LogP contribution in [0.25, 0.3) is 0 Å². The predicted octanol–water partition coefficient (Wildman–Crippen LogP) is 3.78. The predicted molar refractivity (Wildman–Crippen MR) is 74.8 cm³/mol. The third-order valence-corrected chi connectivity index (χ3v) is 3.69. The molecule has 0 atom stereocenters. The van der Waals surface area contributed by atoms with Gasteiger partial charge in [0.15, 0.2) is 0 Å². The van der Waals surface area contributed by atoms with Crippen LogP contribution in [0.2, 0.25) is 5.02 Å². The zero-order valence-electron chi connectivity index (χ0n) is 11.3. The lowest BCUT2D eigenvalue weighted by Gasteiger charge is -2.19. The van der Waals surface area contributed by atoms with Crippen LogP contribution in [0.4, 0.5) is 0 Å². The molecule has 0 saturated heterocycles. The molecular formula is C15H19ClO3. The molecule has 104 valence electrons. The van der Waals surface area contributed by atoms with Gasteiger partial charge in [-0.1, -0.05) is 17.7 Å². The molecule has 0 radical (unpaired) electrons. The van der Waals surface area contributed by atoms with E-state index in [0.29, 0.717) is 23.1 Å². The monoisotopic (exact) mass is 282 g/mol. The third-order valence-electron chi connectivity index (χ3n) is 3.39. The molecule has 0 aromatic heterocycles. The summed E-state index contributed by atoms with van der Waals surface area (Å²) in [7, 11) is 0. The summed E-state index contributed by atoms with van der Waals surface area (Å²) >= 11 is 6.17. The van der Waals surface area contributed by atoms with Crippen LogP contribution in [0.5, 0.6) is 5.75 Å². The average Bonchev–Trinajstić information content (AvgIpc) is 3.11. The lowest BCUT2D eigenvalue weighted by atomic mass is 9.86. The van der Waals surface area contributed by atoms with Crippen molar-refractivity contribution < 1.29 is 14.6 Å². The van der Waals surface area contributed by atoms with E-state index in [1.54, 1.807) is 19.9 Å². The molecule has 1 aliphatic carbocycles. The molecule has 4 heteroatoms. The number of benzene rings is 1.